The molecule has 0 unspecified atom stereocenters. The largest absolute Gasteiger partial charge is 0.383 e. The number of aryl methyl sites for hydroxylation is 1. The van der Waals surface area contributed by atoms with Crippen molar-refractivity contribution in [2.45, 2.75) is 44.6 Å². The highest BCUT2D eigenvalue weighted by atomic mass is 14.9. The van der Waals surface area contributed by atoms with Gasteiger partial charge in [0.25, 0.3) is 0 Å². The van der Waals surface area contributed by atoms with E-state index < -0.39 is 0 Å². The number of anilines is 1. The van der Waals surface area contributed by atoms with Crippen molar-refractivity contribution in [2.75, 3.05) is 11.9 Å². The van der Waals surface area contributed by atoms with Crippen molar-refractivity contribution in [1.29, 1.82) is 0 Å². The minimum atomic E-state index is 0.0144. The lowest BCUT2D eigenvalue weighted by atomic mass is 9.82. The van der Waals surface area contributed by atoms with E-state index in [0.29, 0.717) is 0 Å². The second-order valence-corrected chi connectivity index (χ2v) is 5.09. The molecule has 1 aromatic carbocycles. The van der Waals surface area contributed by atoms with Gasteiger partial charge in [-0.25, -0.2) is 0 Å². The Labute approximate surface area is 98.2 Å². The van der Waals surface area contributed by atoms with Crippen LogP contribution in [-0.2, 0) is 0 Å². The van der Waals surface area contributed by atoms with Crippen LogP contribution in [0.1, 0.15) is 37.7 Å². The smallest absolute Gasteiger partial charge is 0.0370 e. The molecule has 1 fully saturated rings. The van der Waals surface area contributed by atoms with E-state index in [1.54, 1.807) is 0 Å². The molecule has 2 nitrogen and oxygen atoms in total. The van der Waals surface area contributed by atoms with Gasteiger partial charge in [-0.2, -0.15) is 0 Å². The predicted molar refractivity (Wildman–Crippen MR) is 69.7 cm³/mol. The zero-order valence-corrected chi connectivity index (χ0v) is 10.1. The zero-order valence-electron chi connectivity index (χ0n) is 10.1. The maximum absolute atomic E-state index is 6.39. The second-order valence-electron chi connectivity index (χ2n) is 5.09. The van der Waals surface area contributed by atoms with Gasteiger partial charge in [-0.15, -0.1) is 0 Å². The number of nitrogens with two attached hydrogens (primary N) is 1. The van der Waals surface area contributed by atoms with Crippen LogP contribution < -0.4 is 11.1 Å². The second kappa shape index (κ2) is 4.88. The van der Waals surface area contributed by atoms with Crippen LogP contribution in [-0.4, -0.2) is 12.1 Å². The third kappa shape index (κ3) is 2.76. The Hall–Kier alpha value is -1.02. The molecule has 1 aromatic rings. The number of hydrogen-bond donors (Lipinski definition) is 2. The number of para-hydroxylation sites is 1. The average molecular weight is 218 g/mol. The Morgan fingerprint density at radius 3 is 2.56 bits per heavy atom. The average Bonchev–Trinajstić information content (AvgIpc) is 2.29. The normalized spacial score (nSPS) is 19.4. The van der Waals surface area contributed by atoms with Gasteiger partial charge in [0.1, 0.15) is 0 Å². The van der Waals surface area contributed by atoms with E-state index in [2.05, 4.69) is 36.5 Å². The highest BCUT2D eigenvalue weighted by Crippen LogP contribution is 2.26. The molecule has 0 heterocycles. The summed E-state index contributed by atoms with van der Waals surface area (Å²) >= 11 is 0. The third-order valence-electron chi connectivity index (χ3n) is 3.63. The molecule has 3 N–H and O–H groups in total. The van der Waals surface area contributed by atoms with E-state index in [9.17, 15) is 0 Å². The van der Waals surface area contributed by atoms with E-state index in [4.69, 9.17) is 5.73 Å². The lowest BCUT2D eigenvalue weighted by Crippen LogP contribution is -2.47. The maximum Gasteiger partial charge on any atom is 0.0370 e. The van der Waals surface area contributed by atoms with Gasteiger partial charge < -0.3 is 11.1 Å². The first kappa shape index (κ1) is 11.5. The van der Waals surface area contributed by atoms with Crippen LogP contribution >= 0.6 is 0 Å². The zero-order chi connectivity index (χ0) is 11.4. The Morgan fingerprint density at radius 2 is 1.88 bits per heavy atom. The fourth-order valence-corrected chi connectivity index (χ4v) is 2.48. The first-order valence-corrected chi connectivity index (χ1v) is 6.28. The molecule has 0 radical (unpaired) electrons. The van der Waals surface area contributed by atoms with E-state index >= 15 is 0 Å². The minimum Gasteiger partial charge on any atom is -0.383 e. The van der Waals surface area contributed by atoms with Gasteiger partial charge in [0.05, 0.1) is 0 Å². The molecular formula is C14H22N2. The van der Waals surface area contributed by atoms with Gasteiger partial charge in [-0.1, -0.05) is 37.5 Å². The van der Waals surface area contributed by atoms with Crippen LogP contribution in [0.3, 0.4) is 0 Å². The summed E-state index contributed by atoms with van der Waals surface area (Å²) in [7, 11) is 0. The Morgan fingerprint density at radius 1 is 1.19 bits per heavy atom. The van der Waals surface area contributed by atoms with Crippen LogP contribution in [0.4, 0.5) is 5.69 Å². The molecule has 0 aromatic heterocycles. The molecule has 2 heteroatoms. The fourth-order valence-electron chi connectivity index (χ4n) is 2.48. The van der Waals surface area contributed by atoms with E-state index in [-0.39, 0.29) is 5.54 Å². The molecule has 0 spiro atoms. The van der Waals surface area contributed by atoms with Gasteiger partial charge in [0.15, 0.2) is 0 Å². The molecule has 0 saturated heterocycles. The summed E-state index contributed by atoms with van der Waals surface area (Å²) in [5.41, 5.74) is 8.92. The Bertz CT molecular complexity index is 340. The number of hydrogen-bond acceptors (Lipinski definition) is 2. The van der Waals surface area contributed by atoms with Crippen molar-refractivity contribution in [3.63, 3.8) is 0 Å². The lowest BCUT2D eigenvalue weighted by Gasteiger charge is -2.34. The van der Waals surface area contributed by atoms with Gasteiger partial charge in [0.2, 0.25) is 0 Å². The van der Waals surface area contributed by atoms with Gasteiger partial charge in [-0.3, -0.25) is 0 Å². The third-order valence-corrected chi connectivity index (χ3v) is 3.63. The minimum absolute atomic E-state index is 0.0144. The topological polar surface area (TPSA) is 38.0 Å². The highest BCUT2D eigenvalue weighted by molar-refractivity contribution is 5.50. The van der Waals surface area contributed by atoms with E-state index in [1.807, 2.05) is 0 Å². The molecule has 0 bridgehead atoms. The predicted octanol–water partition coefficient (Wildman–Crippen LogP) is 3.07. The first-order chi connectivity index (χ1) is 7.70. The molecule has 88 valence electrons. The van der Waals surface area contributed by atoms with Crippen molar-refractivity contribution in [1.82, 2.24) is 0 Å². The van der Waals surface area contributed by atoms with Gasteiger partial charge in [-0.05, 0) is 31.4 Å². The molecule has 1 aliphatic rings. The van der Waals surface area contributed by atoms with Crippen LogP contribution in [0.5, 0.6) is 0 Å². The van der Waals surface area contributed by atoms with Crippen molar-refractivity contribution in [3.8, 4) is 0 Å². The van der Waals surface area contributed by atoms with Crippen molar-refractivity contribution in [3.05, 3.63) is 29.8 Å². The summed E-state index contributed by atoms with van der Waals surface area (Å²) in [6.07, 6.45) is 6.24. The SMILES string of the molecule is Cc1ccccc1NCC1(N)CCCCC1. The molecule has 16 heavy (non-hydrogen) atoms. The van der Waals surface area contributed by atoms with Crippen molar-refractivity contribution in [2.24, 2.45) is 5.73 Å². The van der Waals surface area contributed by atoms with Crippen molar-refractivity contribution < 1.29 is 0 Å². The molecule has 0 amide bonds. The highest BCUT2D eigenvalue weighted by Gasteiger charge is 2.26. The first-order valence-electron chi connectivity index (χ1n) is 6.28. The summed E-state index contributed by atoms with van der Waals surface area (Å²) in [5.74, 6) is 0. The van der Waals surface area contributed by atoms with E-state index in [0.717, 1.165) is 19.4 Å². The van der Waals surface area contributed by atoms with Crippen molar-refractivity contribution >= 4 is 5.69 Å². The Kier molecular flexibility index (Phi) is 3.49. The van der Waals surface area contributed by atoms with Gasteiger partial charge in [0, 0.05) is 17.8 Å². The van der Waals surface area contributed by atoms with Crippen LogP contribution in [0, 0.1) is 6.92 Å². The molecule has 0 atom stereocenters. The molecule has 1 saturated carbocycles. The standard InChI is InChI=1S/C14H22N2/c1-12-7-3-4-8-13(12)16-11-14(15)9-5-2-6-10-14/h3-4,7-8,16H,2,5-6,9-11,15H2,1H3. The van der Waals surface area contributed by atoms with Crippen LogP contribution in [0.2, 0.25) is 0 Å². The quantitative estimate of drug-likeness (QED) is 0.818. The number of nitrogens with one attached hydrogen (secondary N) is 1. The fraction of sp³-hybridized carbons (Fsp3) is 0.571. The summed E-state index contributed by atoms with van der Waals surface area (Å²) in [6, 6.07) is 8.40. The summed E-state index contributed by atoms with van der Waals surface area (Å²) in [5, 5.41) is 3.50. The lowest BCUT2D eigenvalue weighted by molar-refractivity contribution is 0.311. The van der Waals surface area contributed by atoms with Gasteiger partial charge >= 0.3 is 0 Å². The summed E-state index contributed by atoms with van der Waals surface area (Å²) in [6.45, 7) is 3.03. The maximum atomic E-state index is 6.39. The summed E-state index contributed by atoms with van der Waals surface area (Å²) < 4.78 is 0. The molecule has 1 aliphatic carbocycles. The Balaban J connectivity index is 1.94. The monoisotopic (exact) mass is 218 g/mol. The van der Waals surface area contributed by atoms with E-state index in [1.165, 1.54) is 30.5 Å². The molecular weight excluding hydrogens is 196 g/mol. The molecule has 2 rings (SSSR count). The van der Waals surface area contributed by atoms with Crippen LogP contribution in [0.15, 0.2) is 24.3 Å². The van der Waals surface area contributed by atoms with Crippen LogP contribution in [0.25, 0.3) is 0 Å². The number of benzene rings is 1. The number of rotatable bonds is 3. The summed E-state index contributed by atoms with van der Waals surface area (Å²) in [4.78, 5) is 0. The molecule has 0 aliphatic heterocycles.